The number of benzene rings is 2. The van der Waals surface area contributed by atoms with E-state index in [2.05, 4.69) is 67.7 Å². The summed E-state index contributed by atoms with van der Waals surface area (Å²) in [6.45, 7) is 2.14. The van der Waals surface area contributed by atoms with Gasteiger partial charge in [0.15, 0.2) is 5.78 Å². The van der Waals surface area contributed by atoms with Crippen molar-refractivity contribution in [1.29, 1.82) is 0 Å². The van der Waals surface area contributed by atoms with E-state index in [0.29, 0.717) is 0 Å². The highest BCUT2D eigenvalue weighted by atomic mass is 32.2. The standard InChI is InChI=1S/C37H44O3S/c1-2-3-4-5-6-7-8-9-10-11-12-13-14-15-16-17-18-25-30-35(38)31-36(39)32-41(40)37(33-26-21-19-22-27-33)34-28-23-20-24-29-34/h3-4,6-7,9-10,12-13,15-16,18-29,37H,2,5,8,11,14,17,30-32H2,1H3/b4-3-,7-6-,10-9-,13-12-,16-15-,25-18-. The number of rotatable bonds is 20. The molecule has 2 aromatic rings. The van der Waals surface area contributed by atoms with Gasteiger partial charge in [-0.1, -0.05) is 140 Å². The molecule has 0 fully saturated rings. The van der Waals surface area contributed by atoms with Crippen molar-refractivity contribution < 1.29 is 13.8 Å². The minimum atomic E-state index is -1.47. The van der Waals surface area contributed by atoms with Crippen LogP contribution < -0.4 is 0 Å². The predicted octanol–water partition coefficient (Wildman–Crippen LogP) is 9.14. The average Bonchev–Trinajstić information content (AvgIpc) is 2.97. The highest BCUT2D eigenvalue weighted by Gasteiger charge is 2.23. The van der Waals surface area contributed by atoms with Crippen LogP contribution in [0.15, 0.2) is 134 Å². The molecule has 0 radical (unpaired) electrons. The lowest BCUT2D eigenvalue weighted by molar-refractivity contribution is -0.125. The average molecular weight is 569 g/mol. The van der Waals surface area contributed by atoms with Crippen molar-refractivity contribution in [2.24, 2.45) is 0 Å². The molecule has 3 nitrogen and oxygen atoms in total. The van der Waals surface area contributed by atoms with Crippen LogP contribution in [0.25, 0.3) is 0 Å². The van der Waals surface area contributed by atoms with E-state index in [4.69, 9.17) is 0 Å². The number of ketones is 2. The van der Waals surface area contributed by atoms with E-state index < -0.39 is 16.0 Å². The Labute approximate surface area is 249 Å². The summed E-state index contributed by atoms with van der Waals surface area (Å²) in [4.78, 5) is 24.9. The third kappa shape index (κ3) is 15.7. The Morgan fingerprint density at radius 1 is 0.585 bits per heavy atom. The van der Waals surface area contributed by atoms with Crippen LogP contribution in [0, 0.1) is 0 Å². The van der Waals surface area contributed by atoms with Gasteiger partial charge in [-0.25, -0.2) is 0 Å². The third-order valence-corrected chi connectivity index (χ3v) is 7.78. The zero-order chi connectivity index (χ0) is 29.4. The number of allylic oxidation sites excluding steroid dienone is 12. The molecule has 0 aliphatic heterocycles. The maximum Gasteiger partial charge on any atom is 0.152 e. The zero-order valence-corrected chi connectivity index (χ0v) is 25.1. The van der Waals surface area contributed by atoms with Gasteiger partial charge in [0.05, 0.1) is 17.4 Å². The van der Waals surface area contributed by atoms with Gasteiger partial charge in [-0.15, -0.1) is 0 Å². The van der Waals surface area contributed by atoms with Crippen LogP contribution in [-0.2, 0) is 20.4 Å². The van der Waals surface area contributed by atoms with E-state index in [1.165, 1.54) is 0 Å². The first kappa shape index (κ1) is 33.6. The monoisotopic (exact) mass is 568 g/mol. The summed E-state index contributed by atoms with van der Waals surface area (Å²) in [6.07, 6.45) is 31.0. The molecule has 0 saturated carbocycles. The Bertz CT molecular complexity index is 1180. The first-order valence-electron chi connectivity index (χ1n) is 14.5. The van der Waals surface area contributed by atoms with E-state index in [1.54, 1.807) is 0 Å². The molecular weight excluding hydrogens is 524 g/mol. The molecule has 0 spiro atoms. The molecule has 2 rings (SSSR count). The number of Topliss-reactive ketones (excluding diaryl/α,β-unsaturated/α-hetero) is 2. The number of carbonyl (C=O) groups is 2. The topological polar surface area (TPSA) is 51.2 Å². The summed E-state index contributed by atoms with van der Waals surface area (Å²) in [5.74, 6) is -0.566. The van der Waals surface area contributed by atoms with Gasteiger partial charge in [-0.05, 0) is 49.7 Å². The molecule has 0 bridgehead atoms. The van der Waals surface area contributed by atoms with Crippen LogP contribution in [0.2, 0.25) is 0 Å². The number of hydrogen-bond acceptors (Lipinski definition) is 3. The quantitative estimate of drug-likeness (QED) is 0.118. The Balaban J connectivity index is 1.63. The molecule has 0 amide bonds. The zero-order valence-electron chi connectivity index (χ0n) is 24.3. The van der Waals surface area contributed by atoms with Gasteiger partial charge >= 0.3 is 0 Å². The van der Waals surface area contributed by atoms with Gasteiger partial charge in [0.2, 0.25) is 0 Å². The van der Waals surface area contributed by atoms with Crippen LogP contribution >= 0.6 is 0 Å². The van der Waals surface area contributed by atoms with Crippen molar-refractivity contribution >= 4 is 22.4 Å². The number of hydrogen-bond donors (Lipinski definition) is 0. The second-order valence-electron chi connectivity index (χ2n) is 9.60. The van der Waals surface area contributed by atoms with Gasteiger partial charge in [0.1, 0.15) is 5.78 Å². The Morgan fingerprint density at radius 2 is 0.976 bits per heavy atom. The van der Waals surface area contributed by atoms with Crippen molar-refractivity contribution in [2.75, 3.05) is 5.75 Å². The molecular formula is C37H44O3S. The third-order valence-electron chi connectivity index (χ3n) is 6.11. The second-order valence-corrected chi connectivity index (χ2v) is 11.1. The molecule has 0 aliphatic rings. The van der Waals surface area contributed by atoms with Gasteiger partial charge in [0, 0.05) is 17.2 Å². The maximum atomic E-state index is 13.2. The molecule has 41 heavy (non-hydrogen) atoms. The van der Waals surface area contributed by atoms with E-state index in [9.17, 15) is 13.8 Å². The van der Waals surface area contributed by atoms with E-state index in [-0.39, 0.29) is 30.2 Å². The van der Waals surface area contributed by atoms with E-state index in [1.807, 2.05) is 72.8 Å². The molecule has 1 atom stereocenters. The SMILES string of the molecule is CC/C=C\C/C=C\C/C=C\C/C=C\C/C=C\C/C=C\CC(=O)CC(=O)CS(=O)C(c1ccccc1)c1ccccc1. The van der Waals surface area contributed by atoms with Gasteiger partial charge < -0.3 is 0 Å². The van der Waals surface area contributed by atoms with Gasteiger partial charge in [0.25, 0.3) is 0 Å². The van der Waals surface area contributed by atoms with Crippen molar-refractivity contribution in [3.63, 3.8) is 0 Å². The lowest BCUT2D eigenvalue weighted by atomic mass is 10.0. The summed E-state index contributed by atoms with van der Waals surface area (Å²) in [6, 6.07) is 19.1. The van der Waals surface area contributed by atoms with Crippen LogP contribution in [0.3, 0.4) is 0 Å². The minimum Gasteiger partial charge on any atom is -0.299 e. The molecule has 1 unspecified atom stereocenters. The summed E-state index contributed by atoms with van der Waals surface area (Å²) in [5.41, 5.74) is 1.79. The fourth-order valence-electron chi connectivity index (χ4n) is 4.07. The molecule has 2 aromatic carbocycles. The second kappa shape index (κ2) is 22.1. The van der Waals surface area contributed by atoms with Crippen LogP contribution in [-0.4, -0.2) is 21.5 Å². The Kier molecular flexibility index (Phi) is 18.1. The summed E-state index contributed by atoms with van der Waals surface area (Å²) < 4.78 is 13.2. The van der Waals surface area contributed by atoms with Crippen molar-refractivity contribution in [2.45, 2.75) is 63.5 Å². The van der Waals surface area contributed by atoms with Gasteiger partial charge in [-0.3, -0.25) is 13.8 Å². The molecule has 0 saturated heterocycles. The molecule has 216 valence electrons. The molecule has 4 heteroatoms. The molecule has 0 aromatic heterocycles. The molecule has 0 heterocycles. The molecule has 0 aliphatic carbocycles. The summed E-state index contributed by atoms with van der Waals surface area (Å²) in [5, 5.41) is -0.403. The Morgan fingerprint density at radius 3 is 1.39 bits per heavy atom. The normalized spacial score (nSPS) is 13.2. The molecule has 0 N–H and O–H groups in total. The summed E-state index contributed by atoms with van der Waals surface area (Å²) in [7, 11) is -1.47. The minimum absolute atomic E-state index is 0.135. The first-order chi connectivity index (χ1) is 20.1. The largest absolute Gasteiger partial charge is 0.299 e. The maximum absolute atomic E-state index is 13.2. The van der Waals surface area contributed by atoms with Gasteiger partial charge in [-0.2, -0.15) is 0 Å². The first-order valence-corrected chi connectivity index (χ1v) is 15.9. The smallest absolute Gasteiger partial charge is 0.152 e. The van der Waals surface area contributed by atoms with Crippen LogP contribution in [0.1, 0.15) is 74.7 Å². The van der Waals surface area contributed by atoms with Crippen LogP contribution in [0.5, 0.6) is 0 Å². The highest BCUT2D eigenvalue weighted by molar-refractivity contribution is 7.86. The highest BCUT2D eigenvalue weighted by Crippen LogP contribution is 2.28. The van der Waals surface area contributed by atoms with E-state index in [0.717, 1.165) is 49.7 Å². The fraction of sp³-hybridized carbons (Fsp3) is 0.297. The predicted molar refractivity (Wildman–Crippen MR) is 175 cm³/mol. The Hall–Kier alpha value is -3.63. The summed E-state index contributed by atoms with van der Waals surface area (Å²) >= 11 is 0. The van der Waals surface area contributed by atoms with Crippen LogP contribution in [0.4, 0.5) is 0 Å². The number of carbonyl (C=O) groups excluding carboxylic acids is 2. The lowest BCUT2D eigenvalue weighted by Crippen LogP contribution is -2.19. The van der Waals surface area contributed by atoms with Crippen molar-refractivity contribution in [1.82, 2.24) is 0 Å². The van der Waals surface area contributed by atoms with Crippen molar-refractivity contribution in [3.8, 4) is 0 Å². The fourth-order valence-corrected chi connectivity index (χ4v) is 5.58. The van der Waals surface area contributed by atoms with Crippen molar-refractivity contribution in [3.05, 3.63) is 145 Å². The van der Waals surface area contributed by atoms with E-state index >= 15 is 0 Å². The lowest BCUT2D eigenvalue weighted by Gasteiger charge is -2.17.